The second-order valence-electron chi connectivity index (χ2n) is 7.89. The molecule has 3 atom stereocenters. The number of carbonyl (C=O) groups excluding carboxylic acids is 1. The lowest BCUT2D eigenvalue weighted by atomic mass is 10.0. The Balaban J connectivity index is 1.42. The van der Waals surface area contributed by atoms with E-state index in [9.17, 15) is 18.0 Å². The fourth-order valence-electron chi connectivity index (χ4n) is 4.17. The number of amides is 1. The summed E-state index contributed by atoms with van der Waals surface area (Å²) in [4.78, 5) is 14.9. The van der Waals surface area contributed by atoms with Crippen molar-refractivity contribution in [3.8, 4) is 0 Å². The third kappa shape index (κ3) is 4.54. The van der Waals surface area contributed by atoms with Gasteiger partial charge in [0.1, 0.15) is 11.5 Å². The van der Waals surface area contributed by atoms with Crippen LogP contribution in [-0.2, 0) is 15.7 Å². The van der Waals surface area contributed by atoms with E-state index in [1.54, 1.807) is 6.07 Å². The molecule has 30 heavy (non-hydrogen) atoms. The predicted molar refractivity (Wildman–Crippen MR) is 104 cm³/mol. The van der Waals surface area contributed by atoms with Crippen LogP contribution >= 0.6 is 0 Å². The zero-order valence-corrected chi connectivity index (χ0v) is 16.7. The average Bonchev–Trinajstić information content (AvgIpc) is 3.42. The molecule has 2 aliphatic rings. The van der Waals surface area contributed by atoms with Crippen molar-refractivity contribution in [3.05, 3.63) is 59.0 Å². The number of morpholine rings is 1. The van der Waals surface area contributed by atoms with Crippen LogP contribution in [0, 0.1) is 12.8 Å². The Bertz CT molecular complexity index is 890. The maximum atomic E-state index is 13.3. The Labute approximate surface area is 173 Å². The summed E-state index contributed by atoms with van der Waals surface area (Å²) in [6, 6.07) is 9.18. The average molecular weight is 422 g/mol. The topological polar surface area (TPSA) is 54.7 Å². The first kappa shape index (κ1) is 20.9. The van der Waals surface area contributed by atoms with E-state index in [-0.39, 0.29) is 17.5 Å². The number of furan rings is 1. The first-order valence-electron chi connectivity index (χ1n) is 10.2. The molecule has 2 heterocycles. The number of halogens is 3. The molecule has 162 valence electrons. The van der Waals surface area contributed by atoms with Crippen molar-refractivity contribution >= 4 is 5.91 Å². The van der Waals surface area contributed by atoms with E-state index in [2.05, 4.69) is 10.2 Å². The number of ether oxygens (including phenoxy) is 1. The van der Waals surface area contributed by atoms with Gasteiger partial charge >= 0.3 is 6.18 Å². The van der Waals surface area contributed by atoms with Crippen LogP contribution in [0.25, 0.3) is 0 Å². The SMILES string of the molecule is Cc1ccc(C(CNC(=O)C2CC2c2ccccc2C(F)(F)F)N2CCOCC2)o1. The molecule has 1 saturated carbocycles. The van der Waals surface area contributed by atoms with Crippen molar-refractivity contribution in [3.63, 3.8) is 0 Å². The van der Waals surface area contributed by atoms with E-state index in [1.807, 2.05) is 19.1 Å². The van der Waals surface area contributed by atoms with Crippen LogP contribution in [0.2, 0.25) is 0 Å². The maximum absolute atomic E-state index is 13.3. The third-order valence-corrected chi connectivity index (χ3v) is 5.84. The van der Waals surface area contributed by atoms with Crippen molar-refractivity contribution in [2.45, 2.75) is 31.5 Å². The molecule has 0 spiro atoms. The van der Waals surface area contributed by atoms with Gasteiger partial charge in [-0.1, -0.05) is 18.2 Å². The fraction of sp³-hybridized carbons (Fsp3) is 0.500. The number of benzene rings is 1. The summed E-state index contributed by atoms with van der Waals surface area (Å²) in [5.41, 5.74) is -0.445. The Morgan fingerprint density at radius 3 is 2.60 bits per heavy atom. The van der Waals surface area contributed by atoms with Gasteiger partial charge in [-0.25, -0.2) is 0 Å². The van der Waals surface area contributed by atoms with Crippen LogP contribution in [-0.4, -0.2) is 43.7 Å². The highest BCUT2D eigenvalue weighted by Crippen LogP contribution is 2.51. The zero-order valence-electron chi connectivity index (χ0n) is 16.7. The molecule has 2 aromatic rings. The second-order valence-corrected chi connectivity index (χ2v) is 7.89. The maximum Gasteiger partial charge on any atom is 0.416 e. The second kappa shape index (κ2) is 8.43. The zero-order chi connectivity index (χ0) is 21.3. The number of hydrogen-bond acceptors (Lipinski definition) is 4. The summed E-state index contributed by atoms with van der Waals surface area (Å²) >= 11 is 0. The van der Waals surface area contributed by atoms with Gasteiger partial charge in [-0.05, 0) is 43.0 Å². The minimum absolute atomic E-state index is 0.133. The normalized spacial score (nSPS) is 23.2. The lowest BCUT2D eigenvalue weighted by molar-refractivity contribution is -0.138. The molecule has 4 rings (SSSR count). The monoisotopic (exact) mass is 422 g/mol. The van der Waals surface area contributed by atoms with Crippen LogP contribution in [0.1, 0.15) is 41.0 Å². The van der Waals surface area contributed by atoms with E-state index in [1.165, 1.54) is 12.1 Å². The van der Waals surface area contributed by atoms with Crippen LogP contribution in [0.3, 0.4) is 0 Å². The number of alkyl halides is 3. The summed E-state index contributed by atoms with van der Waals surface area (Å²) < 4.78 is 51.1. The highest BCUT2D eigenvalue weighted by molar-refractivity contribution is 5.83. The summed E-state index contributed by atoms with van der Waals surface area (Å²) in [6.45, 7) is 4.89. The summed E-state index contributed by atoms with van der Waals surface area (Å²) in [6.07, 6.45) is -3.99. The predicted octanol–water partition coefficient (Wildman–Crippen LogP) is 3.90. The Hall–Kier alpha value is -2.32. The van der Waals surface area contributed by atoms with Gasteiger partial charge in [-0.2, -0.15) is 13.2 Å². The molecule has 2 fully saturated rings. The van der Waals surface area contributed by atoms with Crippen LogP contribution in [0.5, 0.6) is 0 Å². The van der Waals surface area contributed by atoms with E-state index in [0.29, 0.717) is 26.2 Å². The van der Waals surface area contributed by atoms with Gasteiger partial charge < -0.3 is 14.5 Å². The van der Waals surface area contributed by atoms with Crippen LogP contribution in [0.4, 0.5) is 13.2 Å². The molecule has 1 aliphatic carbocycles. The quantitative estimate of drug-likeness (QED) is 0.767. The van der Waals surface area contributed by atoms with Gasteiger partial charge in [0, 0.05) is 25.6 Å². The smallest absolute Gasteiger partial charge is 0.416 e. The number of aryl methyl sites for hydroxylation is 1. The molecule has 1 amide bonds. The highest BCUT2D eigenvalue weighted by atomic mass is 19.4. The molecule has 0 radical (unpaired) electrons. The Morgan fingerprint density at radius 2 is 1.93 bits per heavy atom. The lowest BCUT2D eigenvalue weighted by Crippen LogP contribution is -2.44. The van der Waals surface area contributed by atoms with E-state index in [0.717, 1.165) is 30.7 Å². The number of hydrogen-bond donors (Lipinski definition) is 1. The molecular weight excluding hydrogens is 397 g/mol. The molecule has 1 N–H and O–H groups in total. The molecule has 1 aliphatic heterocycles. The van der Waals surface area contributed by atoms with E-state index in [4.69, 9.17) is 9.15 Å². The van der Waals surface area contributed by atoms with E-state index >= 15 is 0 Å². The number of nitrogens with zero attached hydrogens (tertiary/aromatic N) is 1. The van der Waals surface area contributed by atoms with Crippen LogP contribution < -0.4 is 5.32 Å². The summed E-state index contributed by atoms with van der Waals surface area (Å²) in [5.74, 6) is 0.524. The molecule has 1 saturated heterocycles. The minimum Gasteiger partial charge on any atom is -0.465 e. The van der Waals surface area contributed by atoms with Gasteiger partial charge in [0.05, 0.1) is 24.8 Å². The molecule has 3 unspecified atom stereocenters. The molecular formula is C22H25F3N2O3. The van der Waals surface area contributed by atoms with E-state index < -0.39 is 23.6 Å². The largest absolute Gasteiger partial charge is 0.465 e. The Morgan fingerprint density at radius 1 is 1.20 bits per heavy atom. The fourth-order valence-corrected chi connectivity index (χ4v) is 4.17. The van der Waals surface area contributed by atoms with Crippen molar-refractivity contribution < 1.29 is 27.1 Å². The van der Waals surface area contributed by atoms with Gasteiger partial charge in [-0.3, -0.25) is 9.69 Å². The summed E-state index contributed by atoms with van der Waals surface area (Å²) in [7, 11) is 0. The summed E-state index contributed by atoms with van der Waals surface area (Å²) in [5, 5.41) is 2.95. The van der Waals surface area contributed by atoms with Crippen molar-refractivity contribution in [1.29, 1.82) is 0 Å². The molecule has 5 nitrogen and oxygen atoms in total. The van der Waals surface area contributed by atoms with Crippen molar-refractivity contribution in [2.24, 2.45) is 5.92 Å². The minimum atomic E-state index is -4.42. The molecule has 0 bridgehead atoms. The first-order chi connectivity index (χ1) is 14.3. The van der Waals surface area contributed by atoms with Gasteiger partial charge in [0.15, 0.2) is 0 Å². The Kier molecular flexibility index (Phi) is 5.88. The lowest BCUT2D eigenvalue weighted by Gasteiger charge is -2.33. The number of carbonyl (C=O) groups is 1. The first-order valence-corrected chi connectivity index (χ1v) is 10.2. The standard InChI is InChI=1S/C22H25F3N2O3/c1-14-6-7-20(30-14)19(27-8-10-29-11-9-27)13-26-21(28)17-12-16(17)15-4-2-3-5-18(15)22(23,24)25/h2-7,16-17,19H,8-13H2,1H3,(H,26,28). The van der Waals surface area contributed by atoms with Gasteiger partial charge in [0.25, 0.3) is 0 Å². The third-order valence-electron chi connectivity index (χ3n) is 5.84. The molecule has 1 aromatic heterocycles. The molecule has 8 heteroatoms. The number of nitrogens with one attached hydrogen (secondary N) is 1. The van der Waals surface area contributed by atoms with Crippen molar-refractivity contribution in [1.82, 2.24) is 10.2 Å². The highest BCUT2D eigenvalue weighted by Gasteiger charge is 2.48. The van der Waals surface area contributed by atoms with Gasteiger partial charge in [0.2, 0.25) is 5.91 Å². The van der Waals surface area contributed by atoms with Gasteiger partial charge in [-0.15, -0.1) is 0 Å². The van der Waals surface area contributed by atoms with Crippen molar-refractivity contribution in [2.75, 3.05) is 32.8 Å². The number of rotatable bonds is 6. The van der Waals surface area contributed by atoms with Crippen LogP contribution in [0.15, 0.2) is 40.8 Å². The molecule has 1 aromatic carbocycles.